The summed E-state index contributed by atoms with van der Waals surface area (Å²) in [7, 11) is 3.82. The number of piperidine rings is 1. The number of carbonyl (C=O) groups excluding carboxylic acids is 1. The summed E-state index contributed by atoms with van der Waals surface area (Å²) in [4.78, 5) is 31.6. The summed E-state index contributed by atoms with van der Waals surface area (Å²) in [6.07, 6.45) is 5.50. The van der Waals surface area contributed by atoms with Crippen LogP contribution < -0.4 is 16.6 Å². The Bertz CT molecular complexity index is 1450. The summed E-state index contributed by atoms with van der Waals surface area (Å²) in [6.45, 7) is 2.67. The minimum atomic E-state index is -0.360. The van der Waals surface area contributed by atoms with Gasteiger partial charge in [0.15, 0.2) is 0 Å². The first-order valence-electron chi connectivity index (χ1n) is 11.9. The second-order valence-corrected chi connectivity index (χ2v) is 9.14. The van der Waals surface area contributed by atoms with Crippen LogP contribution >= 0.6 is 0 Å². The van der Waals surface area contributed by atoms with E-state index in [4.69, 9.17) is 5.73 Å². The average Bonchev–Trinajstić information content (AvgIpc) is 3.19. The largest absolute Gasteiger partial charge is 0.388 e. The first kappa shape index (κ1) is 22.9. The smallest absolute Gasteiger partial charge is 0.257 e. The van der Waals surface area contributed by atoms with Crippen LogP contribution in [0, 0.1) is 0 Å². The van der Waals surface area contributed by atoms with Crippen LogP contribution in [0.1, 0.15) is 40.4 Å². The van der Waals surface area contributed by atoms with Crippen molar-refractivity contribution in [1.29, 1.82) is 0 Å². The number of nitrogens with one attached hydrogen (secondary N) is 1. The average molecular weight is 471 g/mol. The molecule has 8 heteroatoms. The Morgan fingerprint density at radius 1 is 1.14 bits per heavy atom. The lowest BCUT2D eigenvalue weighted by Gasteiger charge is -2.32. The molecule has 0 unspecified atom stereocenters. The molecule has 0 saturated carbocycles. The lowest BCUT2D eigenvalue weighted by atomic mass is 9.86. The Morgan fingerprint density at radius 2 is 1.91 bits per heavy atom. The molecule has 1 aliphatic heterocycles. The van der Waals surface area contributed by atoms with E-state index in [9.17, 15) is 9.59 Å². The number of nitrogens with two attached hydrogens (primary N) is 1. The number of anilines is 1. The van der Waals surface area contributed by atoms with E-state index in [1.54, 1.807) is 30.1 Å². The lowest BCUT2D eigenvalue weighted by molar-refractivity contribution is 0.0998. The Balaban J connectivity index is 1.37. The first-order chi connectivity index (χ1) is 17.0. The predicted octanol–water partition coefficient (Wildman–Crippen LogP) is 3.24. The van der Waals surface area contributed by atoms with Crippen LogP contribution in [0.25, 0.3) is 16.7 Å². The second kappa shape index (κ2) is 9.38. The SMILES string of the molecule is CNc1ccn(-c2ccnc3c2cc(CN2CCC(c4ccccc4C(N)=O)CC2)n3C)c(=O)c1. The molecular weight excluding hydrogens is 440 g/mol. The molecule has 4 aromatic rings. The molecular formula is C27H30N6O2. The van der Waals surface area contributed by atoms with Crippen molar-refractivity contribution in [2.24, 2.45) is 12.8 Å². The van der Waals surface area contributed by atoms with Gasteiger partial charge in [-0.1, -0.05) is 18.2 Å². The fourth-order valence-electron chi connectivity index (χ4n) is 5.16. The van der Waals surface area contributed by atoms with Gasteiger partial charge in [0, 0.05) is 61.4 Å². The van der Waals surface area contributed by atoms with Gasteiger partial charge in [0.25, 0.3) is 5.56 Å². The molecule has 4 heterocycles. The van der Waals surface area contributed by atoms with Gasteiger partial charge in [-0.2, -0.15) is 0 Å². The van der Waals surface area contributed by atoms with Crippen molar-refractivity contribution >= 4 is 22.6 Å². The highest BCUT2D eigenvalue weighted by molar-refractivity contribution is 5.94. The predicted molar refractivity (Wildman–Crippen MR) is 138 cm³/mol. The van der Waals surface area contributed by atoms with E-state index in [1.807, 2.05) is 43.4 Å². The molecule has 0 spiro atoms. The number of aromatic nitrogens is 3. The topological polar surface area (TPSA) is 98.2 Å². The second-order valence-electron chi connectivity index (χ2n) is 9.14. The zero-order valence-corrected chi connectivity index (χ0v) is 20.1. The lowest BCUT2D eigenvalue weighted by Crippen LogP contribution is -2.33. The fraction of sp³-hybridized carbons (Fsp3) is 0.296. The van der Waals surface area contributed by atoms with Crippen LogP contribution in [0.15, 0.2) is 65.7 Å². The van der Waals surface area contributed by atoms with Crippen LogP contribution in [0.3, 0.4) is 0 Å². The summed E-state index contributed by atoms with van der Waals surface area (Å²) in [5, 5.41) is 3.96. The van der Waals surface area contributed by atoms with Crippen LogP contribution in [0.2, 0.25) is 0 Å². The molecule has 8 nitrogen and oxygen atoms in total. The molecule has 1 fully saturated rings. The summed E-state index contributed by atoms with van der Waals surface area (Å²) in [5.41, 5.74) is 10.8. The van der Waals surface area contributed by atoms with Crippen molar-refractivity contribution in [3.05, 3.63) is 88.1 Å². The number of hydrogen-bond acceptors (Lipinski definition) is 5. The van der Waals surface area contributed by atoms with E-state index in [2.05, 4.69) is 25.8 Å². The van der Waals surface area contributed by atoms with E-state index in [0.29, 0.717) is 11.5 Å². The number of hydrogen-bond donors (Lipinski definition) is 2. The van der Waals surface area contributed by atoms with E-state index < -0.39 is 0 Å². The Labute approximate surface area is 204 Å². The minimum Gasteiger partial charge on any atom is -0.388 e. The maximum absolute atomic E-state index is 12.7. The van der Waals surface area contributed by atoms with Gasteiger partial charge in [0.2, 0.25) is 5.91 Å². The maximum atomic E-state index is 12.7. The van der Waals surface area contributed by atoms with E-state index in [-0.39, 0.29) is 11.5 Å². The summed E-state index contributed by atoms with van der Waals surface area (Å²) < 4.78 is 3.77. The highest BCUT2D eigenvalue weighted by Gasteiger charge is 2.24. The van der Waals surface area contributed by atoms with Gasteiger partial charge < -0.3 is 15.6 Å². The van der Waals surface area contributed by atoms with Gasteiger partial charge in [0.05, 0.1) is 5.69 Å². The third-order valence-corrected chi connectivity index (χ3v) is 7.11. The van der Waals surface area contributed by atoms with Gasteiger partial charge in [-0.15, -0.1) is 0 Å². The first-order valence-corrected chi connectivity index (χ1v) is 11.9. The quantitative estimate of drug-likeness (QED) is 0.451. The Morgan fingerprint density at radius 3 is 2.63 bits per heavy atom. The number of amides is 1. The van der Waals surface area contributed by atoms with Gasteiger partial charge in [-0.05, 0) is 61.7 Å². The van der Waals surface area contributed by atoms with Crippen molar-refractivity contribution in [3.63, 3.8) is 0 Å². The molecule has 5 rings (SSSR count). The third kappa shape index (κ3) is 4.33. The van der Waals surface area contributed by atoms with Crippen molar-refractivity contribution < 1.29 is 4.79 Å². The van der Waals surface area contributed by atoms with Gasteiger partial charge in [0.1, 0.15) is 5.65 Å². The van der Waals surface area contributed by atoms with E-state index in [1.165, 1.54) is 0 Å². The fourth-order valence-corrected chi connectivity index (χ4v) is 5.16. The third-order valence-electron chi connectivity index (χ3n) is 7.11. The standard InChI is InChI=1S/C27H30N6O2/c1-29-19-10-14-33(25(34)15-19)24-7-11-30-27-23(24)16-20(31(27)2)17-32-12-8-18(9-13-32)21-5-3-4-6-22(21)26(28)35/h3-7,10-11,14-16,18,29H,8-9,12-13,17H2,1-2H3,(H2,28,35). The number of fused-ring (bicyclic) bond motifs is 1. The van der Waals surface area contributed by atoms with E-state index in [0.717, 1.165) is 66.1 Å². The molecule has 0 aliphatic carbocycles. The van der Waals surface area contributed by atoms with Crippen LogP contribution in [0.4, 0.5) is 5.69 Å². The van der Waals surface area contributed by atoms with Crippen LogP contribution in [-0.2, 0) is 13.6 Å². The van der Waals surface area contributed by atoms with Crippen LogP contribution in [0.5, 0.6) is 0 Å². The van der Waals surface area contributed by atoms with Gasteiger partial charge >= 0.3 is 0 Å². The molecule has 1 aromatic carbocycles. The number of nitrogens with zero attached hydrogens (tertiary/aromatic N) is 4. The van der Waals surface area contributed by atoms with Gasteiger partial charge in [-0.25, -0.2) is 4.98 Å². The van der Waals surface area contributed by atoms with Crippen molar-refractivity contribution in [3.8, 4) is 5.69 Å². The number of benzene rings is 1. The van der Waals surface area contributed by atoms with Crippen molar-refractivity contribution in [2.45, 2.75) is 25.3 Å². The minimum absolute atomic E-state index is 0.0898. The summed E-state index contributed by atoms with van der Waals surface area (Å²) >= 11 is 0. The molecule has 0 atom stereocenters. The van der Waals surface area contributed by atoms with Crippen LogP contribution in [-0.4, -0.2) is 45.1 Å². The molecule has 3 aromatic heterocycles. The molecule has 1 saturated heterocycles. The molecule has 35 heavy (non-hydrogen) atoms. The maximum Gasteiger partial charge on any atom is 0.257 e. The Kier molecular flexibility index (Phi) is 6.13. The summed E-state index contributed by atoms with van der Waals surface area (Å²) in [5.74, 6) is -0.0234. The zero-order valence-electron chi connectivity index (χ0n) is 20.1. The number of pyridine rings is 2. The zero-order chi connectivity index (χ0) is 24.5. The number of rotatable bonds is 6. The molecule has 1 aliphatic rings. The van der Waals surface area contributed by atoms with Gasteiger partial charge in [-0.3, -0.25) is 19.1 Å². The highest BCUT2D eigenvalue weighted by atomic mass is 16.1. The summed E-state index contributed by atoms with van der Waals surface area (Å²) in [6, 6.07) is 15.2. The van der Waals surface area contributed by atoms with Crippen molar-refractivity contribution in [1.82, 2.24) is 19.0 Å². The molecule has 180 valence electrons. The number of primary amides is 1. The normalized spacial score (nSPS) is 14.9. The number of aryl methyl sites for hydroxylation is 1. The molecule has 0 bridgehead atoms. The van der Waals surface area contributed by atoms with Crippen molar-refractivity contribution in [2.75, 3.05) is 25.5 Å². The molecule has 1 amide bonds. The highest BCUT2D eigenvalue weighted by Crippen LogP contribution is 2.31. The molecule has 0 radical (unpaired) electrons. The monoisotopic (exact) mass is 470 g/mol. The Hall–Kier alpha value is -3.91. The molecule has 3 N–H and O–H groups in total. The van der Waals surface area contributed by atoms with E-state index >= 15 is 0 Å². The number of likely N-dealkylation sites (tertiary alicyclic amines) is 1. The number of carbonyl (C=O) groups is 1.